The molecule has 0 unspecified atom stereocenters. The van der Waals surface area contributed by atoms with Crippen LogP contribution < -0.4 is 0 Å². The van der Waals surface area contributed by atoms with E-state index in [1.807, 2.05) is 0 Å². The minimum atomic E-state index is -1.15. The van der Waals surface area contributed by atoms with Crippen molar-refractivity contribution < 1.29 is 32.8 Å². The van der Waals surface area contributed by atoms with Gasteiger partial charge in [0.25, 0.3) is 0 Å². The van der Waals surface area contributed by atoms with Crippen LogP contribution in [0.15, 0.2) is 24.5 Å². The van der Waals surface area contributed by atoms with Gasteiger partial charge in [0.15, 0.2) is 17.4 Å². The molecule has 0 aliphatic carbocycles. The molecule has 0 spiro atoms. The third kappa shape index (κ3) is 4.96. The quantitative estimate of drug-likeness (QED) is 0.509. The maximum absolute atomic E-state index is 14.7. The van der Waals surface area contributed by atoms with Crippen molar-refractivity contribution >= 4 is 0 Å². The Balaban J connectivity index is 1.50. The predicted octanol–water partition coefficient (Wildman–Crippen LogP) is 2.53. The Morgan fingerprint density at radius 2 is 1.92 bits per heavy atom. The molecule has 2 aliphatic rings. The number of halogens is 2. The largest absolute Gasteiger partial charge is 0.384 e. The molecule has 13 heteroatoms. The summed E-state index contributed by atoms with van der Waals surface area (Å²) in [5, 5.41) is 26.9. The van der Waals surface area contributed by atoms with E-state index in [-0.39, 0.29) is 30.0 Å². The zero-order chi connectivity index (χ0) is 27.4. The Morgan fingerprint density at radius 1 is 1.16 bits per heavy atom. The van der Waals surface area contributed by atoms with Crippen molar-refractivity contribution in [2.75, 3.05) is 13.7 Å². The van der Waals surface area contributed by atoms with Crippen molar-refractivity contribution in [2.45, 2.75) is 83.0 Å². The number of fused-ring (bicyclic) bond motifs is 1. The molecule has 38 heavy (non-hydrogen) atoms. The van der Waals surface area contributed by atoms with Crippen LogP contribution in [0.3, 0.4) is 0 Å². The normalized spacial score (nSPS) is 27.3. The molecule has 1 N–H and O–H groups in total. The molecule has 5 atom stereocenters. The van der Waals surface area contributed by atoms with E-state index in [1.54, 1.807) is 56.6 Å². The second kappa shape index (κ2) is 9.72. The highest BCUT2D eigenvalue weighted by molar-refractivity contribution is 5.59. The fourth-order valence-corrected chi connectivity index (χ4v) is 4.91. The third-order valence-corrected chi connectivity index (χ3v) is 6.94. The first-order valence-corrected chi connectivity index (χ1v) is 12.4. The molecule has 2 aromatic heterocycles. The lowest BCUT2D eigenvalue weighted by Gasteiger charge is -2.51. The minimum absolute atomic E-state index is 0.00321. The summed E-state index contributed by atoms with van der Waals surface area (Å²) in [4.78, 5) is 0. The van der Waals surface area contributed by atoms with Crippen LogP contribution in [0.4, 0.5) is 8.78 Å². The van der Waals surface area contributed by atoms with Gasteiger partial charge in [-0.1, -0.05) is 16.5 Å². The number of aromatic nitrogens is 6. The van der Waals surface area contributed by atoms with Gasteiger partial charge in [-0.2, -0.15) is 0 Å². The predicted molar refractivity (Wildman–Crippen MR) is 129 cm³/mol. The van der Waals surface area contributed by atoms with Crippen molar-refractivity contribution in [3.05, 3.63) is 47.4 Å². The number of benzene rings is 1. The van der Waals surface area contributed by atoms with E-state index < -0.39 is 53.5 Å². The van der Waals surface area contributed by atoms with Crippen molar-refractivity contribution in [1.29, 1.82) is 0 Å². The molecule has 11 nitrogen and oxygen atoms in total. The molecule has 206 valence electrons. The van der Waals surface area contributed by atoms with E-state index in [1.165, 1.54) is 19.1 Å². The van der Waals surface area contributed by atoms with E-state index in [0.717, 1.165) is 0 Å². The summed E-state index contributed by atoms with van der Waals surface area (Å²) in [6.45, 7) is 8.87. The molecule has 2 aliphatic heterocycles. The van der Waals surface area contributed by atoms with Gasteiger partial charge < -0.3 is 24.1 Å². The van der Waals surface area contributed by atoms with Crippen LogP contribution in [-0.2, 0) is 31.1 Å². The molecule has 2 saturated heterocycles. The lowest BCUT2D eigenvalue weighted by Crippen LogP contribution is -2.63. The summed E-state index contributed by atoms with van der Waals surface area (Å²) in [5.41, 5.74) is -0.363. The first-order chi connectivity index (χ1) is 17.9. The van der Waals surface area contributed by atoms with Gasteiger partial charge in [0.05, 0.1) is 25.5 Å². The zero-order valence-electron chi connectivity index (χ0n) is 22.1. The van der Waals surface area contributed by atoms with E-state index in [0.29, 0.717) is 5.69 Å². The van der Waals surface area contributed by atoms with E-state index in [2.05, 4.69) is 20.6 Å². The molecule has 5 rings (SSSR count). The molecule has 2 fully saturated rings. The fraction of sp³-hybridized carbons (Fsp3) is 0.600. The van der Waals surface area contributed by atoms with Crippen LogP contribution in [0.5, 0.6) is 0 Å². The Kier molecular flexibility index (Phi) is 6.84. The maximum Gasteiger partial charge on any atom is 0.168 e. The first kappa shape index (κ1) is 26.8. The second-order valence-corrected chi connectivity index (χ2v) is 10.7. The van der Waals surface area contributed by atoms with Gasteiger partial charge in [-0.3, -0.25) is 0 Å². The molecular formula is C25H32F2N6O5. The monoisotopic (exact) mass is 534 g/mol. The van der Waals surface area contributed by atoms with Crippen LogP contribution in [0, 0.1) is 18.6 Å². The first-order valence-electron chi connectivity index (χ1n) is 12.4. The Morgan fingerprint density at radius 3 is 2.61 bits per heavy atom. The molecule has 0 bridgehead atoms. The summed E-state index contributed by atoms with van der Waals surface area (Å²) >= 11 is 0. The maximum atomic E-state index is 14.7. The summed E-state index contributed by atoms with van der Waals surface area (Å²) in [6.07, 6.45) is 1.03. The van der Waals surface area contributed by atoms with Crippen molar-refractivity contribution in [1.82, 2.24) is 30.0 Å². The minimum Gasteiger partial charge on any atom is -0.384 e. The number of aliphatic hydroxyl groups is 1. The number of methoxy groups -OCH3 is 1. The number of rotatable bonds is 6. The van der Waals surface area contributed by atoms with Crippen LogP contribution in [-0.4, -0.2) is 79.0 Å². The lowest BCUT2D eigenvalue weighted by atomic mass is 9.91. The van der Waals surface area contributed by atoms with Crippen LogP contribution in [0.25, 0.3) is 11.3 Å². The molecule has 0 radical (unpaired) electrons. The smallest absolute Gasteiger partial charge is 0.168 e. The highest BCUT2D eigenvalue weighted by Gasteiger charge is 2.53. The molecule has 3 aromatic rings. The number of nitrogens with zero attached hydrogens (tertiary/aromatic N) is 6. The summed E-state index contributed by atoms with van der Waals surface area (Å²) in [5.74, 6) is -2.80. The molecule has 1 aromatic carbocycles. The van der Waals surface area contributed by atoms with Crippen LogP contribution in [0.2, 0.25) is 0 Å². The highest BCUT2D eigenvalue weighted by Crippen LogP contribution is 2.40. The van der Waals surface area contributed by atoms with Gasteiger partial charge in [0.2, 0.25) is 0 Å². The standard InChI is InChI=1S/C25H32F2N6O5/c1-13-7-8-14(20(27)19(13)26)15-9-33(31-28-15)21-22(35-6)16(10-32-11-18(29-30-32)24(2,3)34)37-17-12-36-25(4,5)38-23(17)21/h7-9,11,16-17,21-23,34H,10,12H2,1-6H3/t16-,17-,21-,22+,23+/m1/s1. The highest BCUT2D eigenvalue weighted by atomic mass is 19.2. The average Bonchev–Trinajstić information content (AvgIpc) is 3.52. The molecular weight excluding hydrogens is 502 g/mol. The number of ether oxygens (including phenoxy) is 4. The van der Waals surface area contributed by atoms with Gasteiger partial charge in [0.1, 0.15) is 47.4 Å². The Bertz CT molecular complexity index is 1310. The van der Waals surface area contributed by atoms with E-state index in [4.69, 9.17) is 18.9 Å². The van der Waals surface area contributed by atoms with Gasteiger partial charge in [-0.15, -0.1) is 10.2 Å². The molecule has 0 amide bonds. The number of hydrogen-bond donors (Lipinski definition) is 1. The van der Waals surface area contributed by atoms with Gasteiger partial charge in [-0.05, 0) is 46.2 Å². The van der Waals surface area contributed by atoms with Crippen molar-refractivity contribution in [3.63, 3.8) is 0 Å². The van der Waals surface area contributed by atoms with E-state index in [9.17, 15) is 13.9 Å². The SMILES string of the molecule is CO[C@@H]1[C@@H](n2cc(-c3ccc(C)c(F)c3F)nn2)[C@H]2OC(C)(C)OC[C@H]2O[C@@H]1Cn1cc(C(C)(C)O)nn1. The summed E-state index contributed by atoms with van der Waals surface area (Å²) in [7, 11) is 1.55. The van der Waals surface area contributed by atoms with Gasteiger partial charge in [0, 0.05) is 12.7 Å². The van der Waals surface area contributed by atoms with Crippen molar-refractivity contribution in [2.24, 2.45) is 0 Å². The van der Waals surface area contributed by atoms with Crippen LogP contribution >= 0.6 is 0 Å². The molecule has 0 saturated carbocycles. The van der Waals surface area contributed by atoms with Crippen LogP contribution in [0.1, 0.15) is 45.0 Å². The average molecular weight is 535 g/mol. The fourth-order valence-electron chi connectivity index (χ4n) is 4.91. The topological polar surface area (TPSA) is 119 Å². The Labute approximate surface area is 218 Å². The van der Waals surface area contributed by atoms with Gasteiger partial charge >= 0.3 is 0 Å². The van der Waals surface area contributed by atoms with Crippen molar-refractivity contribution in [3.8, 4) is 11.3 Å². The van der Waals surface area contributed by atoms with Gasteiger partial charge in [-0.25, -0.2) is 18.1 Å². The summed E-state index contributed by atoms with van der Waals surface area (Å²) in [6, 6.07) is 2.42. The number of aryl methyl sites for hydroxylation is 1. The Hall–Kier alpha value is -2.84. The number of hydrogen-bond acceptors (Lipinski definition) is 9. The lowest BCUT2D eigenvalue weighted by molar-refractivity contribution is -0.350. The zero-order valence-corrected chi connectivity index (χ0v) is 22.1. The third-order valence-electron chi connectivity index (χ3n) is 6.94. The van der Waals surface area contributed by atoms with E-state index >= 15 is 0 Å². The molecule has 4 heterocycles. The second-order valence-electron chi connectivity index (χ2n) is 10.7. The summed E-state index contributed by atoms with van der Waals surface area (Å²) < 4.78 is 56.6.